The minimum Gasteiger partial charge on any atom is -0.469 e. The van der Waals surface area contributed by atoms with Crippen LogP contribution in [-0.4, -0.2) is 18.8 Å². The molecule has 0 aliphatic heterocycles. The van der Waals surface area contributed by atoms with Crippen molar-refractivity contribution >= 4 is 33.7 Å². The first-order valence-corrected chi connectivity index (χ1v) is 7.09. The van der Waals surface area contributed by atoms with Crippen LogP contribution >= 0.6 is 27.7 Å². The van der Waals surface area contributed by atoms with Gasteiger partial charge in [-0.05, 0) is 23.8 Å². The molecule has 0 heterocycles. The number of methoxy groups -OCH3 is 1. The largest absolute Gasteiger partial charge is 0.469 e. The van der Waals surface area contributed by atoms with E-state index in [0.29, 0.717) is 17.1 Å². The van der Waals surface area contributed by atoms with Crippen molar-refractivity contribution in [1.82, 2.24) is 0 Å². The minimum atomic E-state index is -0.229. The summed E-state index contributed by atoms with van der Waals surface area (Å²) in [4.78, 5) is 11.2. The highest BCUT2D eigenvalue weighted by atomic mass is 79.9. The summed E-state index contributed by atoms with van der Waals surface area (Å²) in [6, 6.07) is 4.86. The first-order valence-electron chi connectivity index (χ1n) is 5.14. The van der Waals surface area contributed by atoms with Gasteiger partial charge in [0.05, 0.1) is 13.0 Å². The van der Waals surface area contributed by atoms with Crippen molar-refractivity contribution in [3.8, 4) is 0 Å². The van der Waals surface area contributed by atoms with Crippen LogP contribution in [0, 0.1) is 11.7 Å². The molecule has 0 fully saturated rings. The Morgan fingerprint density at radius 3 is 2.94 bits per heavy atom. The summed E-state index contributed by atoms with van der Waals surface area (Å²) in [5.74, 6) is 0.560. The van der Waals surface area contributed by atoms with Crippen LogP contribution in [0.4, 0.5) is 4.39 Å². The molecule has 1 unspecified atom stereocenters. The molecule has 0 N–H and O–H groups in total. The van der Waals surface area contributed by atoms with Crippen LogP contribution < -0.4 is 0 Å². The third-order valence-electron chi connectivity index (χ3n) is 2.24. The van der Waals surface area contributed by atoms with E-state index in [0.717, 1.165) is 4.47 Å². The zero-order chi connectivity index (χ0) is 12.8. The Labute approximate surface area is 113 Å². The first-order chi connectivity index (χ1) is 8.04. The highest BCUT2D eigenvalue weighted by Gasteiger charge is 2.13. The summed E-state index contributed by atoms with van der Waals surface area (Å²) >= 11 is 4.82. The van der Waals surface area contributed by atoms with Gasteiger partial charge in [-0.1, -0.05) is 22.9 Å². The molecule has 0 bridgehead atoms. The Morgan fingerprint density at radius 2 is 2.29 bits per heavy atom. The lowest BCUT2D eigenvalue weighted by Crippen LogP contribution is -2.14. The van der Waals surface area contributed by atoms with Crippen molar-refractivity contribution in [2.24, 2.45) is 5.92 Å². The SMILES string of the molecule is COC(=O)C(C)CSCc1cc(Br)ccc1F. The molecular weight excluding hydrogens is 307 g/mol. The zero-order valence-electron chi connectivity index (χ0n) is 9.70. The second kappa shape index (κ2) is 7.01. The molecule has 0 spiro atoms. The predicted molar refractivity (Wildman–Crippen MR) is 71.4 cm³/mol. The normalized spacial score (nSPS) is 12.2. The Morgan fingerprint density at radius 1 is 1.59 bits per heavy atom. The van der Waals surface area contributed by atoms with Gasteiger partial charge in [0.1, 0.15) is 5.82 Å². The van der Waals surface area contributed by atoms with Gasteiger partial charge in [0.2, 0.25) is 0 Å². The standard InChI is InChI=1S/C12H14BrFO2S/c1-8(12(15)16-2)6-17-7-9-5-10(13)3-4-11(9)14/h3-5,8H,6-7H2,1-2H3. The van der Waals surface area contributed by atoms with Crippen molar-refractivity contribution in [1.29, 1.82) is 0 Å². The Hall–Kier alpha value is -0.550. The average Bonchev–Trinajstić information content (AvgIpc) is 2.32. The average molecular weight is 321 g/mol. The van der Waals surface area contributed by atoms with E-state index < -0.39 is 0 Å². The summed E-state index contributed by atoms with van der Waals surface area (Å²) < 4.78 is 18.9. The van der Waals surface area contributed by atoms with Crippen molar-refractivity contribution in [3.63, 3.8) is 0 Å². The zero-order valence-corrected chi connectivity index (χ0v) is 12.1. The van der Waals surface area contributed by atoms with Crippen LogP contribution in [0.1, 0.15) is 12.5 Å². The number of ether oxygens (including phenoxy) is 1. The molecule has 94 valence electrons. The third-order valence-corrected chi connectivity index (χ3v) is 3.98. The number of carbonyl (C=O) groups is 1. The lowest BCUT2D eigenvalue weighted by molar-refractivity contribution is -0.143. The summed E-state index contributed by atoms with van der Waals surface area (Å²) in [5, 5.41) is 0. The highest BCUT2D eigenvalue weighted by Crippen LogP contribution is 2.21. The van der Waals surface area contributed by atoms with Crippen molar-refractivity contribution in [3.05, 3.63) is 34.1 Å². The fourth-order valence-electron chi connectivity index (χ4n) is 1.27. The number of hydrogen-bond acceptors (Lipinski definition) is 3. The number of benzene rings is 1. The first kappa shape index (κ1) is 14.5. The summed E-state index contributed by atoms with van der Waals surface area (Å²) in [6.45, 7) is 1.80. The fraction of sp³-hybridized carbons (Fsp3) is 0.417. The van der Waals surface area contributed by atoms with Crippen molar-refractivity contribution in [2.75, 3.05) is 12.9 Å². The molecule has 0 saturated heterocycles. The molecule has 0 saturated carbocycles. The van der Waals surface area contributed by atoms with E-state index in [1.54, 1.807) is 19.1 Å². The molecule has 1 aromatic rings. The Bertz CT molecular complexity index is 398. The summed E-state index contributed by atoms with van der Waals surface area (Å²) in [5.41, 5.74) is 0.640. The molecule has 5 heteroatoms. The van der Waals surface area contributed by atoms with Crippen LogP contribution in [0.15, 0.2) is 22.7 Å². The number of esters is 1. The van der Waals surface area contributed by atoms with E-state index in [2.05, 4.69) is 20.7 Å². The van der Waals surface area contributed by atoms with Gasteiger partial charge < -0.3 is 4.74 Å². The quantitative estimate of drug-likeness (QED) is 0.775. The molecule has 0 aliphatic rings. The number of carbonyl (C=O) groups excluding carboxylic acids is 1. The van der Waals surface area contributed by atoms with Crippen LogP contribution in [0.25, 0.3) is 0 Å². The second-order valence-electron chi connectivity index (χ2n) is 3.68. The van der Waals surface area contributed by atoms with Crippen LogP contribution in [0.2, 0.25) is 0 Å². The van der Waals surface area contributed by atoms with E-state index in [-0.39, 0.29) is 17.7 Å². The van der Waals surface area contributed by atoms with E-state index in [1.807, 2.05) is 0 Å². The van der Waals surface area contributed by atoms with Crippen molar-refractivity contribution < 1.29 is 13.9 Å². The topological polar surface area (TPSA) is 26.3 Å². The minimum absolute atomic E-state index is 0.166. The molecular formula is C12H14BrFO2S. The number of rotatable bonds is 5. The predicted octanol–water partition coefficient (Wildman–Crippen LogP) is 3.63. The lowest BCUT2D eigenvalue weighted by Gasteiger charge is -2.09. The van der Waals surface area contributed by atoms with Gasteiger partial charge in [0, 0.05) is 16.0 Å². The van der Waals surface area contributed by atoms with Crippen LogP contribution in [0.3, 0.4) is 0 Å². The van der Waals surface area contributed by atoms with Gasteiger partial charge in [0.15, 0.2) is 0 Å². The Balaban J connectivity index is 2.45. The van der Waals surface area contributed by atoms with Gasteiger partial charge in [-0.15, -0.1) is 0 Å². The van der Waals surface area contributed by atoms with E-state index in [4.69, 9.17) is 0 Å². The lowest BCUT2D eigenvalue weighted by atomic mass is 10.2. The number of hydrogen-bond donors (Lipinski definition) is 0. The maximum Gasteiger partial charge on any atom is 0.309 e. The highest BCUT2D eigenvalue weighted by molar-refractivity contribution is 9.10. The molecule has 0 amide bonds. The maximum atomic E-state index is 13.4. The van der Waals surface area contributed by atoms with Gasteiger partial charge in [-0.2, -0.15) is 11.8 Å². The summed E-state index contributed by atoms with van der Waals surface area (Å²) in [6.07, 6.45) is 0. The number of thioether (sulfide) groups is 1. The van der Waals surface area contributed by atoms with Gasteiger partial charge in [-0.3, -0.25) is 4.79 Å². The van der Waals surface area contributed by atoms with Crippen molar-refractivity contribution in [2.45, 2.75) is 12.7 Å². The second-order valence-corrected chi connectivity index (χ2v) is 5.62. The molecule has 0 radical (unpaired) electrons. The van der Waals surface area contributed by atoms with E-state index >= 15 is 0 Å². The number of halogens is 2. The molecule has 1 atom stereocenters. The molecule has 0 aliphatic carbocycles. The van der Waals surface area contributed by atoms with Crippen LogP contribution in [-0.2, 0) is 15.3 Å². The van der Waals surface area contributed by atoms with E-state index in [9.17, 15) is 9.18 Å². The van der Waals surface area contributed by atoms with E-state index in [1.165, 1.54) is 24.9 Å². The van der Waals surface area contributed by atoms with Crippen LogP contribution in [0.5, 0.6) is 0 Å². The molecule has 0 aromatic heterocycles. The monoisotopic (exact) mass is 320 g/mol. The molecule has 1 rings (SSSR count). The maximum absolute atomic E-state index is 13.4. The molecule has 1 aromatic carbocycles. The molecule has 2 nitrogen and oxygen atoms in total. The van der Waals surface area contributed by atoms with Gasteiger partial charge in [0.25, 0.3) is 0 Å². The van der Waals surface area contributed by atoms with Gasteiger partial charge in [-0.25, -0.2) is 4.39 Å². The summed E-state index contributed by atoms with van der Waals surface area (Å²) in [7, 11) is 1.37. The molecule has 17 heavy (non-hydrogen) atoms. The van der Waals surface area contributed by atoms with Gasteiger partial charge >= 0.3 is 5.97 Å². The Kier molecular flexibility index (Phi) is 5.98. The fourth-order valence-corrected chi connectivity index (χ4v) is 2.73. The smallest absolute Gasteiger partial charge is 0.309 e. The third kappa shape index (κ3) is 4.68.